The third-order valence-corrected chi connectivity index (χ3v) is 7.79. The first-order valence-corrected chi connectivity index (χ1v) is 12.1. The fourth-order valence-electron chi connectivity index (χ4n) is 5.69. The predicted octanol–water partition coefficient (Wildman–Crippen LogP) is 9.21. The lowest BCUT2D eigenvalue weighted by Crippen LogP contribution is -2.03. The molecule has 0 N–H and O–H groups in total. The van der Waals surface area contributed by atoms with Gasteiger partial charge in [0.05, 0.1) is 0 Å². The number of halogens is 1. The van der Waals surface area contributed by atoms with Gasteiger partial charge in [0, 0.05) is 16.3 Å². The molecule has 3 aromatic carbocycles. The first-order chi connectivity index (χ1) is 14.9. The van der Waals surface area contributed by atoms with Gasteiger partial charge in [0.2, 0.25) is 0 Å². The molecule has 0 spiro atoms. The SMILES string of the molecule is CC1=Cc2c(Br)cccc2C1CCC1C(C)=Cc2c(-c3cc(C)cc(C)c3)cccc21. The van der Waals surface area contributed by atoms with Gasteiger partial charge in [-0.05, 0) is 80.0 Å². The van der Waals surface area contributed by atoms with Gasteiger partial charge in [-0.15, -0.1) is 0 Å². The number of benzene rings is 3. The predicted molar refractivity (Wildman–Crippen MR) is 138 cm³/mol. The van der Waals surface area contributed by atoms with E-state index in [2.05, 4.69) is 110 Å². The molecule has 2 aliphatic carbocycles. The Morgan fingerprint density at radius 3 is 1.87 bits per heavy atom. The Morgan fingerprint density at radius 1 is 0.677 bits per heavy atom. The monoisotopic (exact) mass is 468 g/mol. The van der Waals surface area contributed by atoms with Crippen LogP contribution in [0.4, 0.5) is 0 Å². The molecule has 31 heavy (non-hydrogen) atoms. The van der Waals surface area contributed by atoms with Crippen LogP contribution in [-0.4, -0.2) is 0 Å². The van der Waals surface area contributed by atoms with E-state index in [1.165, 1.54) is 73.0 Å². The highest BCUT2D eigenvalue weighted by molar-refractivity contribution is 9.10. The second-order valence-electron chi connectivity index (χ2n) is 9.39. The molecule has 156 valence electrons. The van der Waals surface area contributed by atoms with Gasteiger partial charge in [0.25, 0.3) is 0 Å². The largest absolute Gasteiger partial charge is 0.0652 e. The van der Waals surface area contributed by atoms with E-state index in [1.54, 1.807) is 0 Å². The Bertz CT molecular complexity index is 1220. The molecule has 0 amide bonds. The number of fused-ring (bicyclic) bond motifs is 2. The molecule has 1 heteroatoms. The molecule has 2 aliphatic rings. The Morgan fingerprint density at radius 2 is 1.23 bits per heavy atom. The molecular weight excluding hydrogens is 440 g/mol. The molecule has 0 nitrogen and oxygen atoms in total. The summed E-state index contributed by atoms with van der Waals surface area (Å²) in [7, 11) is 0. The molecular formula is C30H29Br. The molecule has 0 aromatic heterocycles. The van der Waals surface area contributed by atoms with Crippen molar-refractivity contribution in [3.8, 4) is 11.1 Å². The molecule has 0 radical (unpaired) electrons. The Kier molecular flexibility index (Phi) is 5.26. The van der Waals surface area contributed by atoms with E-state index in [4.69, 9.17) is 0 Å². The van der Waals surface area contributed by atoms with E-state index in [0.29, 0.717) is 11.8 Å². The average Bonchev–Trinajstić information content (AvgIpc) is 3.22. The summed E-state index contributed by atoms with van der Waals surface area (Å²) in [5.74, 6) is 1.05. The summed E-state index contributed by atoms with van der Waals surface area (Å²) < 4.78 is 1.22. The zero-order valence-corrected chi connectivity index (χ0v) is 20.4. The first-order valence-electron chi connectivity index (χ1n) is 11.3. The Hall–Kier alpha value is -2.38. The van der Waals surface area contributed by atoms with E-state index >= 15 is 0 Å². The number of hydrogen-bond donors (Lipinski definition) is 0. The summed E-state index contributed by atoms with van der Waals surface area (Å²) in [6, 6.07) is 20.4. The molecule has 0 heterocycles. The smallest absolute Gasteiger partial charge is 0.0250 e. The van der Waals surface area contributed by atoms with Crippen molar-refractivity contribution in [3.05, 3.63) is 104 Å². The molecule has 2 atom stereocenters. The molecule has 5 rings (SSSR count). The summed E-state index contributed by atoms with van der Waals surface area (Å²) in [4.78, 5) is 0. The quantitative estimate of drug-likeness (QED) is 0.357. The lowest BCUT2D eigenvalue weighted by Gasteiger charge is -2.20. The molecule has 2 unspecified atom stereocenters. The van der Waals surface area contributed by atoms with Crippen molar-refractivity contribution in [1.82, 2.24) is 0 Å². The fraction of sp³-hybridized carbons (Fsp3) is 0.267. The lowest BCUT2D eigenvalue weighted by atomic mass is 9.84. The number of aryl methyl sites for hydroxylation is 2. The van der Waals surface area contributed by atoms with Crippen molar-refractivity contribution in [1.29, 1.82) is 0 Å². The lowest BCUT2D eigenvalue weighted by molar-refractivity contribution is 0.611. The van der Waals surface area contributed by atoms with Crippen LogP contribution in [0.2, 0.25) is 0 Å². The van der Waals surface area contributed by atoms with Gasteiger partial charge in [-0.1, -0.05) is 98.9 Å². The molecule has 0 saturated carbocycles. The molecule has 0 bridgehead atoms. The van der Waals surface area contributed by atoms with Crippen LogP contribution in [0, 0.1) is 13.8 Å². The van der Waals surface area contributed by atoms with E-state index < -0.39 is 0 Å². The standard InChI is InChI=1S/C30H29Br/c1-18-13-19(2)15-22(14-18)25-7-5-8-26-23(20(3)16-28(25)26)11-12-24-21(4)17-29-27(24)9-6-10-30(29)31/h5-10,13-17,23-24H,11-12H2,1-4H3. The van der Waals surface area contributed by atoms with Crippen LogP contribution in [0.15, 0.2) is 70.2 Å². The highest BCUT2D eigenvalue weighted by Crippen LogP contribution is 2.47. The van der Waals surface area contributed by atoms with Crippen molar-refractivity contribution >= 4 is 28.1 Å². The van der Waals surface area contributed by atoms with Gasteiger partial charge in [0.1, 0.15) is 0 Å². The van der Waals surface area contributed by atoms with Crippen LogP contribution in [0.5, 0.6) is 0 Å². The normalized spacial score (nSPS) is 19.1. The van der Waals surface area contributed by atoms with E-state index in [9.17, 15) is 0 Å². The summed E-state index contributed by atoms with van der Waals surface area (Å²) >= 11 is 3.74. The number of hydrogen-bond acceptors (Lipinski definition) is 0. The molecule has 3 aromatic rings. The van der Waals surface area contributed by atoms with Crippen LogP contribution in [0.3, 0.4) is 0 Å². The average molecular weight is 469 g/mol. The minimum atomic E-state index is 0.518. The second-order valence-corrected chi connectivity index (χ2v) is 10.2. The summed E-state index contributed by atoms with van der Waals surface area (Å²) in [6.07, 6.45) is 7.19. The first kappa shape index (κ1) is 20.5. The fourth-order valence-corrected chi connectivity index (χ4v) is 6.18. The van der Waals surface area contributed by atoms with Crippen molar-refractivity contribution in [3.63, 3.8) is 0 Å². The van der Waals surface area contributed by atoms with Crippen LogP contribution < -0.4 is 0 Å². The maximum atomic E-state index is 3.74. The minimum Gasteiger partial charge on any atom is -0.0652 e. The van der Waals surface area contributed by atoms with Crippen molar-refractivity contribution < 1.29 is 0 Å². The van der Waals surface area contributed by atoms with E-state index in [0.717, 1.165) is 0 Å². The van der Waals surface area contributed by atoms with Gasteiger partial charge >= 0.3 is 0 Å². The molecule has 0 fully saturated rings. The van der Waals surface area contributed by atoms with Crippen LogP contribution in [0.1, 0.15) is 71.9 Å². The minimum absolute atomic E-state index is 0.518. The third-order valence-electron chi connectivity index (χ3n) is 7.10. The highest BCUT2D eigenvalue weighted by Gasteiger charge is 2.28. The van der Waals surface area contributed by atoms with Gasteiger partial charge in [-0.25, -0.2) is 0 Å². The second kappa shape index (κ2) is 7.95. The summed E-state index contributed by atoms with van der Waals surface area (Å²) in [6.45, 7) is 8.99. The molecule has 0 saturated heterocycles. The highest BCUT2D eigenvalue weighted by atomic mass is 79.9. The van der Waals surface area contributed by atoms with Gasteiger partial charge in [-0.3, -0.25) is 0 Å². The zero-order chi connectivity index (χ0) is 21.7. The van der Waals surface area contributed by atoms with Crippen LogP contribution >= 0.6 is 15.9 Å². The van der Waals surface area contributed by atoms with Crippen LogP contribution in [-0.2, 0) is 0 Å². The van der Waals surface area contributed by atoms with Crippen molar-refractivity contribution in [2.45, 2.75) is 52.4 Å². The van der Waals surface area contributed by atoms with Gasteiger partial charge in [-0.2, -0.15) is 0 Å². The number of allylic oxidation sites excluding steroid dienone is 2. The topological polar surface area (TPSA) is 0 Å². The van der Waals surface area contributed by atoms with E-state index in [1.807, 2.05) is 0 Å². The van der Waals surface area contributed by atoms with Gasteiger partial charge < -0.3 is 0 Å². The Balaban J connectivity index is 1.44. The van der Waals surface area contributed by atoms with Crippen LogP contribution in [0.25, 0.3) is 23.3 Å². The van der Waals surface area contributed by atoms with Crippen molar-refractivity contribution in [2.75, 3.05) is 0 Å². The third kappa shape index (κ3) is 3.64. The summed E-state index contributed by atoms with van der Waals surface area (Å²) in [5.41, 5.74) is 14.2. The zero-order valence-electron chi connectivity index (χ0n) is 18.8. The Labute approximate surface area is 194 Å². The summed E-state index contributed by atoms with van der Waals surface area (Å²) in [5, 5.41) is 0. The maximum Gasteiger partial charge on any atom is 0.0250 e. The number of rotatable bonds is 4. The van der Waals surface area contributed by atoms with E-state index in [-0.39, 0.29) is 0 Å². The maximum absolute atomic E-state index is 3.74. The van der Waals surface area contributed by atoms with Crippen molar-refractivity contribution in [2.24, 2.45) is 0 Å². The van der Waals surface area contributed by atoms with Gasteiger partial charge in [0.15, 0.2) is 0 Å². The molecule has 0 aliphatic heterocycles.